The van der Waals surface area contributed by atoms with E-state index in [9.17, 15) is 18.5 Å². The van der Waals surface area contributed by atoms with E-state index in [2.05, 4.69) is 10.5 Å². The van der Waals surface area contributed by atoms with Gasteiger partial charge in [0.15, 0.2) is 0 Å². The molecular weight excluding hydrogens is 428 g/mol. The van der Waals surface area contributed by atoms with Crippen LogP contribution in [0.5, 0.6) is 0 Å². The maximum Gasteiger partial charge on any atom is 0.270 e. The first-order chi connectivity index (χ1) is 15.4. The van der Waals surface area contributed by atoms with Crippen LogP contribution in [0.3, 0.4) is 0 Å². The minimum atomic E-state index is -3.96. The molecule has 32 heavy (non-hydrogen) atoms. The molecule has 0 aliphatic heterocycles. The number of hydrogen-bond donors (Lipinski definition) is 1. The minimum absolute atomic E-state index is 0.178. The second-order valence-corrected chi connectivity index (χ2v) is 9.10. The topological polar surface area (TPSA) is 105 Å². The van der Waals surface area contributed by atoms with Crippen molar-refractivity contribution in [3.8, 4) is 11.1 Å². The Hall–Kier alpha value is -3.56. The number of rotatable bonds is 7. The Balaban J connectivity index is 1.82. The van der Waals surface area contributed by atoms with Gasteiger partial charge >= 0.3 is 0 Å². The molecule has 1 aliphatic carbocycles. The third kappa shape index (κ3) is 3.65. The van der Waals surface area contributed by atoms with Gasteiger partial charge in [0.2, 0.25) is 10.0 Å². The molecule has 1 aliphatic rings. The maximum atomic E-state index is 13.2. The standard InChI is InChI=1S/C23H22N4O4S/c1-3-26(4-2)32(30,31)22-15-16(27(28)29)13-14-21(22)24-25-23-19-11-7-5-9-17(19)18-10-6-8-12-20(18)23/h5-15,24H,3-4H2,1-2H3. The Morgan fingerprint density at radius 2 is 1.44 bits per heavy atom. The van der Waals surface area contributed by atoms with E-state index in [1.54, 1.807) is 13.8 Å². The molecule has 4 rings (SSSR count). The molecule has 3 aromatic carbocycles. The number of hydrogen-bond acceptors (Lipinski definition) is 6. The predicted octanol–water partition coefficient (Wildman–Crippen LogP) is 4.47. The minimum Gasteiger partial charge on any atom is -0.276 e. The molecule has 1 N–H and O–H groups in total. The Morgan fingerprint density at radius 1 is 0.906 bits per heavy atom. The average molecular weight is 451 g/mol. The van der Waals surface area contributed by atoms with E-state index in [-0.39, 0.29) is 29.4 Å². The lowest BCUT2D eigenvalue weighted by Gasteiger charge is -2.20. The molecule has 0 unspecified atom stereocenters. The molecule has 9 heteroatoms. The number of nitro benzene ring substituents is 1. The van der Waals surface area contributed by atoms with Crippen molar-refractivity contribution >= 4 is 27.1 Å². The van der Waals surface area contributed by atoms with E-state index in [1.165, 1.54) is 16.4 Å². The normalized spacial score (nSPS) is 12.4. The third-order valence-electron chi connectivity index (χ3n) is 5.44. The summed E-state index contributed by atoms with van der Waals surface area (Å²) in [6.45, 7) is 3.93. The monoisotopic (exact) mass is 450 g/mol. The zero-order valence-corrected chi connectivity index (χ0v) is 18.5. The fourth-order valence-electron chi connectivity index (χ4n) is 3.86. The summed E-state index contributed by atoms with van der Waals surface area (Å²) in [5, 5.41) is 15.8. The van der Waals surface area contributed by atoms with E-state index in [1.807, 2.05) is 48.5 Å². The lowest BCUT2D eigenvalue weighted by Crippen LogP contribution is -2.31. The highest BCUT2D eigenvalue weighted by atomic mass is 32.2. The summed E-state index contributed by atoms with van der Waals surface area (Å²) < 4.78 is 27.7. The van der Waals surface area contributed by atoms with E-state index in [0.717, 1.165) is 28.3 Å². The van der Waals surface area contributed by atoms with Gasteiger partial charge in [0.1, 0.15) is 4.90 Å². The average Bonchev–Trinajstić information content (AvgIpc) is 3.12. The SMILES string of the molecule is CCN(CC)S(=O)(=O)c1cc([N+](=O)[O-])ccc1NN=C1c2ccccc2-c2ccccc21. The smallest absolute Gasteiger partial charge is 0.270 e. The molecule has 0 amide bonds. The van der Waals surface area contributed by atoms with Gasteiger partial charge in [-0.25, -0.2) is 8.42 Å². The first-order valence-corrected chi connectivity index (χ1v) is 11.6. The molecule has 0 atom stereocenters. The molecule has 164 valence electrons. The van der Waals surface area contributed by atoms with Gasteiger partial charge in [0.05, 0.1) is 16.3 Å². The molecule has 0 saturated heterocycles. The van der Waals surface area contributed by atoms with Crippen LogP contribution in [0.4, 0.5) is 11.4 Å². The third-order valence-corrected chi connectivity index (χ3v) is 7.53. The van der Waals surface area contributed by atoms with Crippen LogP contribution in [0.25, 0.3) is 11.1 Å². The van der Waals surface area contributed by atoms with Crippen LogP contribution < -0.4 is 5.43 Å². The van der Waals surface area contributed by atoms with Crippen LogP contribution >= 0.6 is 0 Å². The number of nitrogens with zero attached hydrogens (tertiary/aromatic N) is 3. The van der Waals surface area contributed by atoms with Crippen molar-refractivity contribution in [3.05, 3.63) is 88.0 Å². The van der Waals surface area contributed by atoms with Gasteiger partial charge in [-0.2, -0.15) is 9.41 Å². The van der Waals surface area contributed by atoms with Crippen LogP contribution in [0, 0.1) is 10.1 Å². The van der Waals surface area contributed by atoms with Crippen LogP contribution in [0.1, 0.15) is 25.0 Å². The second-order valence-electron chi connectivity index (χ2n) is 7.19. The summed E-state index contributed by atoms with van der Waals surface area (Å²) in [6.07, 6.45) is 0. The molecule has 0 radical (unpaired) electrons. The molecular formula is C23H22N4O4S. The van der Waals surface area contributed by atoms with Crippen LogP contribution in [0.15, 0.2) is 76.7 Å². The molecule has 0 fully saturated rings. The lowest BCUT2D eigenvalue weighted by molar-refractivity contribution is -0.385. The Labute approximate surface area is 186 Å². The summed E-state index contributed by atoms with van der Waals surface area (Å²) >= 11 is 0. The van der Waals surface area contributed by atoms with Gasteiger partial charge in [0, 0.05) is 36.3 Å². The van der Waals surface area contributed by atoms with Crippen molar-refractivity contribution in [2.24, 2.45) is 5.10 Å². The number of benzene rings is 3. The fraction of sp³-hybridized carbons (Fsp3) is 0.174. The first kappa shape index (κ1) is 21.7. The zero-order chi connectivity index (χ0) is 22.9. The molecule has 0 aromatic heterocycles. The largest absolute Gasteiger partial charge is 0.276 e. The quantitative estimate of drug-likeness (QED) is 0.330. The van der Waals surface area contributed by atoms with Crippen LogP contribution in [-0.2, 0) is 10.0 Å². The van der Waals surface area contributed by atoms with Crippen molar-refractivity contribution < 1.29 is 13.3 Å². The highest BCUT2D eigenvalue weighted by Gasteiger charge is 2.28. The molecule has 0 heterocycles. The number of fused-ring (bicyclic) bond motifs is 3. The summed E-state index contributed by atoms with van der Waals surface area (Å²) in [6, 6.07) is 19.4. The molecule has 0 spiro atoms. The number of hydrazone groups is 1. The molecule has 0 bridgehead atoms. The Bertz CT molecular complexity index is 1280. The van der Waals surface area contributed by atoms with Gasteiger partial charge in [-0.3, -0.25) is 15.5 Å². The van der Waals surface area contributed by atoms with Crippen molar-refractivity contribution in [1.29, 1.82) is 0 Å². The summed E-state index contributed by atoms with van der Waals surface area (Å²) in [7, 11) is -3.96. The van der Waals surface area contributed by atoms with Crippen molar-refractivity contribution in [1.82, 2.24) is 4.31 Å². The van der Waals surface area contributed by atoms with E-state index >= 15 is 0 Å². The number of non-ortho nitro benzene ring substituents is 1. The van der Waals surface area contributed by atoms with Gasteiger partial charge < -0.3 is 0 Å². The second kappa shape index (κ2) is 8.52. The van der Waals surface area contributed by atoms with Gasteiger partial charge in [-0.15, -0.1) is 0 Å². The van der Waals surface area contributed by atoms with Crippen molar-refractivity contribution in [2.75, 3.05) is 18.5 Å². The number of anilines is 1. The zero-order valence-electron chi connectivity index (χ0n) is 17.6. The summed E-state index contributed by atoms with van der Waals surface area (Å²) in [5.74, 6) is 0. The van der Waals surface area contributed by atoms with Gasteiger partial charge in [-0.1, -0.05) is 62.4 Å². The van der Waals surface area contributed by atoms with E-state index in [0.29, 0.717) is 5.71 Å². The fourth-order valence-corrected chi connectivity index (χ4v) is 5.48. The van der Waals surface area contributed by atoms with Crippen LogP contribution in [0.2, 0.25) is 0 Å². The first-order valence-electron chi connectivity index (χ1n) is 10.2. The van der Waals surface area contributed by atoms with Gasteiger partial charge in [-0.05, 0) is 17.2 Å². The highest BCUT2D eigenvalue weighted by molar-refractivity contribution is 7.89. The van der Waals surface area contributed by atoms with E-state index < -0.39 is 14.9 Å². The van der Waals surface area contributed by atoms with Crippen molar-refractivity contribution in [3.63, 3.8) is 0 Å². The molecule has 8 nitrogen and oxygen atoms in total. The highest BCUT2D eigenvalue weighted by Crippen LogP contribution is 2.37. The number of nitrogens with one attached hydrogen (secondary N) is 1. The summed E-state index contributed by atoms with van der Waals surface area (Å²) in [5.41, 5.74) is 7.37. The molecule has 0 saturated carbocycles. The maximum absolute atomic E-state index is 13.2. The van der Waals surface area contributed by atoms with Crippen molar-refractivity contribution in [2.45, 2.75) is 18.7 Å². The Morgan fingerprint density at radius 3 is 1.94 bits per heavy atom. The lowest BCUT2D eigenvalue weighted by atomic mass is 10.1. The molecule has 3 aromatic rings. The van der Waals surface area contributed by atoms with E-state index in [4.69, 9.17) is 0 Å². The van der Waals surface area contributed by atoms with Gasteiger partial charge in [0.25, 0.3) is 5.69 Å². The summed E-state index contributed by atoms with van der Waals surface area (Å²) in [4.78, 5) is 10.5. The Kier molecular flexibility index (Phi) is 5.77. The predicted molar refractivity (Wildman–Crippen MR) is 124 cm³/mol. The number of sulfonamides is 1. The van der Waals surface area contributed by atoms with Crippen LogP contribution in [-0.4, -0.2) is 36.4 Å². The number of nitro groups is 1.